The van der Waals surface area contributed by atoms with Gasteiger partial charge >= 0.3 is 12.1 Å². The first-order chi connectivity index (χ1) is 15.6. The van der Waals surface area contributed by atoms with E-state index in [4.69, 9.17) is 14.5 Å². The molecule has 2 aliphatic heterocycles. The molecule has 1 N–H and O–H groups in total. The van der Waals surface area contributed by atoms with Crippen LogP contribution < -0.4 is 5.32 Å². The highest BCUT2D eigenvalue weighted by Crippen LogP contribution is 2.38. The fourth-order valence-electron chi connectivity index (χ4n) is 4.77. The van der Waals surface area contributed by atoms with Crippen molar-refractivity contribution in [3.05, 3.63) is 11.4 Å². The lowest BCUT2D eigenvalue weighted by Crippen LogP contribution is -2.41. The van der Waals surface area contributed by atoms with E-state index < -0.39 is 5.60 Å². The minimum absolute atomic E-state index is 0.209. The third-order valence-corrected chi connectivity index (χ3v) is 6.44. The number of anilines is 1. The van der Waals surface area contributed by atoms with E-state index in [0.717, 1.165) is 50.2 Å². The Bertz CT molecular complexity index is 846. The summed E-state index contributed by atoms with van der Waals surface area (Å²) in [5.41, 5.74) is 1.64. The van der Waals surface area contributed by atoms with E-state index in [9.17, 15) is 14.4 Å². The number of carbonyl (C=O) groups excluding carboxylic acids is 3. The molecule has 10 heteroatoms. The van der Waals surface area contributed by atoms with Crippen LogP contribution in [0.5, 0.6) is 0 Å². The fraction of sp³-hybridized carbons (Fsp3) is 0.739. The Morgan fingerprint density at radius 1 is 1.09 bits per heavy atom. The van der Waals surface area contributed by atoms with Gasteiger partial charge in [-0.05, 0) is 59.5 Å². The molecule has 2 saturated heterocycles. The van der Waals surface area contributed by atoms with Crippen LogP contribution in [0.2, 0.25) is 0 Å². The number of likely N-dealkylation sites (tertiary alicyclic amines) is 2. The molecule has 0 bridgehead atoms. The largest absolute Gasteiger partial charge is 0.468 e. The molecule has 0 aliphatic carbocycles. The van der Waals surface area contributed by atoms with Gasteiger partial charge in [0.15, 0.2) is 0 Å². The summed E-state index contributed by atoms with van der Waals surface area (Å²) in [6, 6.07) is 0. The first-order valence-corrected chi connectivity index (χ1v) is 11.7. The smallest absolute Gasteiger partial charge is 0.410 e. The zero-order chi connectivity index (χ0) is 24.2. The molecule has 0 atom stereocenters. The summed E-state index contributed by atoms with van der Waals surface area (Å²) in [5.74, 6) is 0.822. The van der Waals surface area contributed by atoms with Gasteiger partial charge in [0.2, 0.25) is 12.4 Å². The zero-order valence-electron chi connectivity index (χ0n) is 20.4. The molecule has 3 heterocycles. The molecule has 2 amide bonds. The number of rotatable bonds is 6. The number of carbonyl (C=O) groups is 3. The maximum atomic E-state index is 12.4. The Labute approximate surface area is 195 Å². The van der Waals surface area contributed by atoms with Crippen molar-refractivity contribution in [3.63, 3.8) is 0 Å². The Kier molecular flexibility index (Phi) is 7.99. The third kappa shape index (κ3) is 6.25. The molecular weight excluding hydrogens is 426 g/mol. The van der Waals surface area contributed by atoms with Gasteiger partial charge in [-0.2, -0.15) is 0 Å². The number of methoxy groups -OCH3 is 1. The van der Waals surface area contributed by atoms with Gasteiger partial charge in [0.1, 0.15) is 5.60 Å². The molecule has 1 aromatic heterocycles. The van der Waals surface area contributed by atoms with E-state index in [-0.39, 0.29) is 23.9 Å². The highest BCUT2D eigenvalue weighted by Gasteiger charge is 2.34. The predicted molar refractivity (Wildman–Crippen MR) is 123 cm³/mol. The normalized spacial score (nSPS) is 18.8. The van der Waals surface area contributed by atoms with Gasteiger partial charge in [-0.3, -0.25) is 19.8 Å². The molecule has 33 heavy (non-hydrogen) atoms. The average molecular weight is 464 g/mol. The van der Waals surface area contributed by atoms with Crippen molar-refractivity contribution < 1.29 is 23.9 Å². The Hall–Kier alpha value is -2.62. The number of nitrogens with zero attached hydrogens (tertiary/aromatic N) is 4. The van der Waals surface area contributed by atoms with Gasteiger partial charge in [-0.25, -0.2) is 9.78 Å². The van der Waals surface area contributed by atoms with Crippen molar-refractivity contribution in [2.24, 2.45) is 7.05 Å². The Morgan fingerprint density at radius 2 is 1.70 bits per heavy atom. The number of amides is 2. The second-order valence-corrected chi connectivity index (χ2v) is 9.90. The van der Waals surface area contributed by atoms with E-state index in [2.05, 4.69) is 10.2 Å². The Morgan fingerprint density at radius 3 is 2.24 bits per heavy atom. The molecule has 1 aromatic rings. The number of imidazole rings is 1. The molecule has 184 valence electrons. The van der Waals surface area contributed by atoms with Gasteiger partial charge < -0.3 is 18.9 Å². The van der Waals surface area contributed by atoms with E-state index >= 15 is 0 Å². The maximum absolute atomic E-state index is 12.4. The van der Waals surface area contributed by atoms with Crippen LogP contribution in [0.15, 0.2) is 0 Å². The van der Waals surface area contributed by atoms with Crippen LogP contribution in [0.3, 0.4) is 0 Å². The molecule has 10 nitrogen and oxygen atoms in total. The number of aromatic nitrogens is 2. The number of ether oxygens (including phenoxy) is 2. The van der Waals surface area contributed by atoms with Gasteiger partial charge in [-0.15, -0.1) is 0 Å². The highest BCUT2D eigenvalue weighted by atomic mass is 16.6. The molecule has 0 aromatic carbocycles. The summed E-state index contributed by atoms with van der Waals surface area (Å²) in [7, 11) is 3.35. The number of nitrogens with one attached hydrogen (secondary N) is 1. The summed E-state index contributed by atoms with van der Waals surface area (Å²) >= 11 is 0. The molecule has 0 saturated carbocycles. The Balaban J connectivity index is 1.72. The van der Waals surface area contributed by atoms with Crippen LogP contribution in [0.1, 0.15) is 69.7 Å². The van der Waals surface area contributed by atoms with Crippen molar-refractivity contribution >= 4 is 24.4 Å². The van der Waals surface area contributed by atoms with Crippen LogP contribution in [0.25, 0.3) is 0 Å². The SMILES string of the molecule is COC(=O)CN1CCC(c2c(C3CCN(C(=O)OC(C)(C)C)CC3)nc(NC=O)n2C)CC1. The van der Waals surface area contributed by atoms with Gasteiger partial charge in [0, 0.05) is 37.7 Å². The number of piperidine rings is 2. The number of hydrogen-bond donors (Lipinski definition) is 1. The highest BCUT2D eigenvalue weighted by molar-refractivity contribution is 5.71. The van der Waals surface area contributed by atoms with Crippen LogP contribution in [-0.2, 0) is 26.1 Å². The standard InChI is InChI=1S/C23H37N5O5/c1-23(2,3)33-22(31)28-12-8-16(9-13-28)19-20(26(4)21(25-19)24-15-29)17-6-10-27(11-7-17)14-18(30)32-5/h15-17H,6-14H2,1-5H3,(H,24,25,29). The van der Waals surface area contributed by atoms with Gasteiger partial charge in [0.25, 0.3) is 0 Å². The number of esters is 1. The average Bonchev–Trinajstić information content (AvgIpc) is 3.09. The lowest BCUT2D eigenvalue weighted by molar-refractivity contribution is -0.142. The van der Waals surface area contributed by atoms with E-state index in [1.807, 2.05) is 32.4 Å². The topological polar surface area (TPSA) is 106 Å². The fourth-order valence-corrected chi connectivity index (χ4v) is 4.77. The van der Waals surface area contributed by atoms with E-state index in [1.54, 1.807) is 4.90 Å². The monoisotopic (exact) mass is 463 g/mol. The van der Waals surface area contributed by atoms with Crippen LogP contribution >= 0.6 is 0 Å². The first kappa shape index (κ1) is 25.0. The van der Waals surface area contributed by atoms with Crippen molar-refractivity contribution in [2.45, 2.75) is 63.9 Å². The maximum Gasteiger partial charge on any atom is 0.410 e. The molecule has 0 spiro atoms. The van der Waals surface area contributed by atoms with E-state index in [0.29, 0.717) is 32.0 Å². The second kappa shape index (κ2) is 10.5. The summed E-state index contributed by atoms with van der Waals surface area (Å²) in [5, 5.41) is 2.73. The minimum atomic E-state index is -0.514. The summed E-state index contributed by atoms with van der Waals surface area (Å²) in [6.45, 7) is 8.76. The first-order valence-electron chi connectivity index (χ1n) is 11.7. The van der Waals surface area contributed by atoms with Crippen molar-refractivity contribution in [3.8, 4) is 0 Å². The number of hydrogen-bond acceptors (Lipinski definition) is 7. The van der Waals surface area contributed by atoms with Crippen molar-refractivity contribution in [1.82, 2.24) is 19.4 Å². The molecule has 0 unspecified atom stereocenters. The van der Waals surface area contributed by atoms with Crippen LogP contribution in [-0.4, -0.2) is 83.3 Å². The molecular formula is C23H37N5O5. The van der Waals surface area contributed by atoms with Crippen molar-refractivity contribution in [2.75, 3.05) is 45.2 Å². The second-order valence-electron chi connectivity index (χ2n) is 9.90. The molecule has 2 aliphatic rings. The minimum Gasteiger partial charge on any atom is -0.468 e. The zero-order valence-corrected chi connectivity index (χ0v) is 20.4. The molecule has 3 rings (SSSR count). The van der Waals surface area contributed by atoms with Crippen molar-refractivity contribution in [1.29, 1.82) is 0 Å². The summed E-state index contributed by atoms with van der Waals surface area (Å²) < 4.78 is 12.3. The quantitative estimate of drug-likeness (QED) is 0.510. The lowest BCUT2D eigenvalue weighted by Gasteiger charge is -2.35. The lowest BCUT2D eigenvalue weighted by atomic mass is 9.85. The van der Waals surface area contributed by atoms with Gasteiger partial charge in [0.05, 0.1) is 19.3 Å². The summed E-state index contributed by atoms with van der Waals surface area (Å²) in [4.78, 5) is 43.9. The van der Waals surface area contributed by atoms with Crippen LogP contribution in [0.4, 0.5) is 10.7 Å². The molecule has 0 radical (unpaired) electrons. The predicted octanol–water partition coefficient (Wildman–Crippen LogP) is 2.46. The van der Waals surface area contributed by atoms with Gasteiger partial charge in [-0.1, -0.05) is 0 Å². The molecule has 2 fully saturated rings. The van der Waals surface area contributed by atoms with E-state index in [1.165, 1.54) is 7.11 Å². The summed E-state index contributed by atoms with van der Waals surface area (Å²) in [6.07, 6.45) is 3.78. The third-order valence-electron chi connectivity index (χ3n) is 6.44. The van der Waals surface area contributed by atoms with Crippen LogP contribution in [0, 0.1) is 0 Å².